The van der Waals surface area contributed by atoms with Crippen molar-refractivity contribution in [1.82, 2.24) is 29.9 Å². The predicted octanol–water partition coefficient (Wildman–Crippen LogP) is 3.45. The van der Waals surface area contributed by atoms with Gasteiger partial charge in [-0.25, -0.2) is 19.0 Å². The monoisotopic (exact) mass is 447 g/mol. The van der Waals surface area contributed by atoms with Gasteiger partial charge in [-0.15, -0.1) is 5.10 Å². The number of anilines is 1. The summed E-state index contributed by atoms with van der Waals surface area (Å²) in [4.78, 5) is 23.9. The number of rotatable bonds is 7. The highest BCUT2D eigenvalue weighted by Gasteiger charge is 2.15. The van der Waals surface area contributed by atoms with E-state index in [4.69, 9.17) is 10.8 Å². The molecule has 168 valence electrons. The van der Waals surface area contributed by atoms with E-state index in [0.717, 1.165) is 0 Å². The highest BCUT2D eigenvalue weighted by molar-refractivity contribution is 5.68. The molecule has 0 aliphatic carbocycles. The zero-order chi connectivity index (χ0) is 23.5. The fourth-order valence-electron chi connectivity index (χ4n) is 3.47. The molecule has 1 atom stereocenters. The first-order valence-corrected chi connectivity index (χ1v) is 10.3. The quantitative estimate of drug-likeness (QED) is 0.440. The number of nitrogens with two attached hydrogens (primary N) is 1. The summed E-state index contributed by atoms with van der Waals surface area (Å²) in [6.45, 7) is 3.84. The number of carbonyl (C=O) groups is 1. The molecule has 0 aliphatic rings. The van der Waals surface area contributed by atoms with Gasteiger partial charge in [0.2, 0.25) is 5.95 Å². The molecule has 0 saturated heterocycles. The van der Waals surface area contributed by atoms with Gasteiger partial charge in [-0.3, -0.25) is 9.78 Å². The van der Waals surface area contributed by atoms with Crippen LogP contribution < -0.4 is 5.73 Å². The van der Waals surface area contributed by atoms with Crippen LogP contribution in [0.5, 0.6) is 0 Å². The molecular formula is C23H22FN7O2. The fourth-order valence-corrected chi connectivity index (χ4v) is 3.47. The molecule has 33 heavy (non-hydrogen) atoms. The zero-order valence-corrected chi connectivity index (χ0v) is 18.1. The number of hydrogen-bond acceptors (Lipinski definition) is 7. The summed E-state index contributed by atoms with van der Waals surface area (Å²) in [5, 5.41) is 17.3. The Balaban J connectivity index is 1.59. The van der Waals surface area contributed by atoms with Crippen molar-refractivity contribution >= 4 is 11.9 Å². The molecule has 0 saturated carbocycles. The van der Waals surface area contributed by atoms with Crippen molar-refractivity contribution in [3.05, 3.63) is 71.4 Å². The first-order chi connectivity index (χ1) is 15.8. The summed E-state index contributed by atoms with van der Waals surface area (Å²) in [7, 11) is 0. The van der Waals surface area contributed by atoms with Crippen LogP contribution in [0.15, 0.2) is 48.7 Å². The van der Waals surface area contributed by atoms with Crippen molar-refractivity contribution in [2.75, 3.05) is 5.73 Å². The maximum Gasteiger partial charge on any atom is 0.304 e. The molecule has 4 aromatic rings. The smallest absolute Gasteiger partial charge is 0.304 e. The maximum atomic E-state index is 14.6. The molecule has 1 aromatic carbocycles. The molecule has 0 bridgehead atoms. The molecule has 4 rings (SSSR count). The lowest BCUT2D eigenvalue weighted by Crippen LogP contribution is -2.08. The van der Waals surface area contributed by atoms with Crippen LogP contribution in [0.2, 0.25) is 0 Å². The van der Waals surface area contributed by atoms with Crippen LogP contribution in [-0.4, -0.2) is 41.0 Å². The molecule has 0 spiro atoms. The lowest BCUT2D eigenvalue weighted by atomic mass is 10.0. The first-order valence-electron chi connectivity index (χ1n) is 10.3. The van der Waals surface area contributed by atoms with E-state index in [0.29, 0.717) is 46.1 Å². The van der Waals surface area contributed by atoms with E-state index in [1.807, 2.05) is 19.1 Å². The topological polar surface area (TPSA) is 133 Å². The second kappa shape index (κ2) is 9.11. The van der Waals surface area contributed by atoms with E-state index in [9.17, 15) is 9.18 Å². The van der Waals surface area contributed by atoms with Gasteiger partial charge < -0.3 is 10.8 Å². The molecule has 9 nitrogen and oxygen atoms in total. The molecule has 0 amide bonds. The van der Waals surface area contributed by atoms with E-state index in [1.54, 1.807) is 48.1 Å². The van der Waals surface area contributed by atoms with Crippen LogP contribution in [0, 0.1) is 12.7 Å². The molecule has 0 aliphatic heterocycles. The number of nitrogens with zero attached hydrogens (tertiary/aromatic N) is 6. The average Bonchev–Trinajstić information content (AvgIpc) is 3.23. The first kappa shape index (κ1) is 22.0. The molecule has 3 aromatic heterocycles. The number of aryl methyl sites for hydroxylation is 1. The third-order valence-corrected chi connectivity index (χ3v) is 5.15. The second-order valence-electron chi connectivity index (χ2n) is 7.79. The molecule has 0 radical (unpaired) electrons. The minimum absolute atomic E-state index is 0.000239. The number of hydrogen-bond donors (Lipinski definition) is 2. The Morgan fingerprint density at radius 2 is 1.88 bits per heavy atom. The Morgan fingerprint density at radius 1 is 1.12 bits per heavy atom. The number of aliphatic carboxylic acids is 1. The van der Waals surface area contributed by atoms with Gasteiger partial charge >= 0.3 is 5.97 Å². The van der Waals surface area contributed by atoms with E-state index in [2.05, 4.69) is 25.3 Å². The molecule has 3 heterocycles. The third-order valence-electron chi connectivity index (χ3n) is 5.15. The number of carboxylic acids is 1. The Hall–Kier alpha value is -4.21. The number of carboxylic acid groups (broad SMARTS) is 1. The van der Waals surface area contributed by atoms with Gasteiger partial charge in [0.05, 0.1) is 36.2 Å². The molecule has 3 N–H and O–H groups in total. The number of pyridine rings is 1. The van der Waals surface area contributed by atoms with Crippen LogP contribution >= 0.6 is 0 Å². The van der Waals surface area contributed by atoms with Gasteiger partial charge in [-0.05, 0) is 36.8 Å². The number of aromatic nitrogens is 6. The van der Waals surface area contributed by atoms with Crippen molar-refractivity contribution < 1.29 is 14.3 Å². The normalized spacial score (nSPS) is 12.0. The lowest BCUT2D eigenvalue weighted by Gasteiger charge is -2.09. The predicted molar refractivity (Wildman–Crippen MR) is 120 cm³/mol. The van der Waals surface area contributed by atoms with Crippen LogP contribution in [0.4, 0.5) is 10.3 Å². The van der Waals surface area contributed by atoms with Crippen LogP contribution in [-0.2, 0) is 11.3 Å². The molecule has 0 fully saturated rings. The van der Waals surface area contributed by atoms with E-state index < -0.39 is 5.97 Å². The number of nitrogen functional groups attached to an aromatic ring is 1. The van der Waals surface area contributed by atoms with E-state index in [1.165, 1.54) is 0 Å². The van der Waals surface area contributed by atoms with E-state index >= 15 is 0 Å². The zero-order valence-electron chi connectivity index (χ0n) is 18.1. The van der Waals surface area contributed by atoms with Crippen molar-refractivity contribution in [2.45, 2.75) is 32.7 Å². The minimum Gasteiger partial charge on any atom is -0.481 e. The van der Waals surface area contributed by atoms with Gasteiger partial charge in [0.25, 0.3) is 0 Å². The van der Waals surface area contributed by atoms with Gasteiger partial charge in [-0.2, -0.15) is 0 Å². The van der Waals surface area contributed by atoms with Crippen molar-refractivity contribution in [2.24, 2.45) is 0 Å². The average molecular weight is 447 g/mol. The van der Waals surface area contributed by atoms with Gasteiger partial charge in [0.15, 0.2) is 0 Å². The van der Waals surface area contributed by atoms with Crippen LogP contribution in [0.1, 0.15) is 36.2 Å². The summed E-state index contributed by atoms with van der Waals surface area (Å²) in [6, 6.07) is 12.2. The van der Waals surface area contributed by atoms with Crippen molar-refractivity contribution in [3.63, 3.8) is 0 Å². The Bertz CT molecular complexity index is 1320. The van der Waals surface area contributed by atoms with E-state index in [-0.39, 0.29) is 24.1 Å². The standard InChI is InChI=1S/C23H22FN7O2/c1-13-5-3-7-16(22(13)24)18-10-19(28-23(25)27-18)20-12-31(30-29-20)11-15-6-4-8-17(26-15)14(2)9-21(32)33/h3-8,10,12,14H,9,11H2,1-2H3,(H,32,33)(H2,25,27,28). The Kier molecular flexibility index (Phi) is 6.07. The van der Waals surface area contributed by atoms with Gasteiger partial charge in [-0.1, -0.05) is 30.3 Å². The third kappa shape index (κ3) is 5.00. The van der Waals surface area contributed by atoms with Crippen molar-refractivity contribution in [3.8, 4) is 22.6 Å². The molecule has 10 heteroatoms. The largest absolute Gasteiger partial charge is 0.481 e. The molecular weight excluding hydrogens is 425 g/mol. The van der Waals surface area contributed by atoms with Gasteiger partial charge in [0, 0.05) is 17.2 Å². The van der Waals surface area contributed by atoms with Crippen LogP contribution in [0.25, 0.3) is 22.6 Å². The Labute approximate surface area is 189 Å². The van der Waals surface area contributed by atoms with Crippen molar-refractivity contribution in [1.29, 1.82) is 0 Å². The fraction of sp³-hybridized carbons (Fsp3) is 0.217. The van der Waals surface area contributed by atoms with Crippen LogP contribution in [0.3, 0.4) is 0 Å². The summed E-state index contributed by atoms with van der Waals surface area (Å²) in [5.74, 6) is -1.45. The highest BCUT2D eigenvalue weighted by atomic mass is 19.1. The SMILES string of the molecule is Cc1cccc(-c2cc(-c3cn(Cc4cccc(C(C)CC(=O)O)n4)nn3)nc(N)n2)c1F. The second-order valence-corrected chi connectivity index (χ2v) is 7.79. The summed E-state index contributed by atoms with van der Waals surface area (Å²) >= 11 is 0. The maximum absolute atomic E-state index is 14.6. The van der Waals surface area contributed by atoms with Gasteiger partial charge in [0.1, 0.15) is 11.5 Å². The lowest BCUT2D eigenvalue weighted by molar-refractivity contribution is -0.137. The number of benzene rings is 1. The number of halogens is 1. The summed E-state index contributed by atoms with van der Waals surface area (Å²) < 4.78 is 16.2. The highest BCUT2D eigenvalue weighted by Crippen LogP contribution is 2.27. The summed E-state index contributed by atoms with van der Waals surface area (Å²) in [6.07, 6.45) is 1.69. The Morgan fingerprint density at radius 3 is 2.67 bits per heavy atom. The molecule has 1 unspecified atom stereocenters. The summed E-state index contributed by atoms with van der Waals surface area (Å²) in [5.41, 5.74) is 9.35. The minimum atomic E-state index is -0.871.